The van der Waals surface area contributed by atoms with E-state index in [1.54, 1.807) is 6.08 Å². The van der Waals surface area contributed by atoms with Crippen molar-refractivity contribution >= 4 is 5.91 Å². The maximum absolute atomic E-state index is 13.5. The highest BCUT2D eigenvalue weighted by molar-refractivity contribution is 5.76. The first-order chi connectivity index (χ1) is 49.3. The smallest absolute Gasteiger partial charge is 0.220 e. The molecule has 0 spiro atoms. The van der Waals surface area contributed by atoms with Crippen molar-refractivity contribution in [1.82, 2.24) is 5.32 Å². The number of hydrogen-bond donors (Lipinski definition) is 12. The molecule has 3 heterocycles. The molecule has 19 heteroatoms. The summed E-state index contributed by atoms with van der Waals surface area (Å²) in [7, 11) is 0. The number of unbranched alkanes of at least 4 members (excludes halogenated alkanes) is 50. The fraction of sp³-hybridized carbons (Fsp3) is 0.939. The Hall–Kier alpha value is -1.73. The predicted octanol–water partition coefficient (Wildman–Crippen LogP) is 14.5. The summed E-state index contributed by atoms with van der Waals surface area (Å²) in [5, 5.41) is 121. The van der Waals surface area contributed by atoms with E-state index in [4.69, 9.17) is 28.4 Å². The molecule has 3 rings (SSSR count). The minimum atomic E-state index is -1.98. The van der Waals surface area contributed by atoms with Crippen molar-refractivity contribution in [3.63, 3.8) is 0 Å². The van der Waals surface area contributed by atoms with Crippen LogP contribution in [0.15, 0.2) is 24.3 Å². The quantitative estimate of drug-likeness (QED) is 0.0199. The molecule has 3 aliphatic heterocycles. The van der Waals surface area contributed by atoms with Gasteiger partial charge in [-0.15, -0.1) is 0 Å². The normalized spacial score (nSPS) is 26.4. The molecule has 0 aromatic rings. The molecular weight excluding hydrogens is 1290 g/mol. The number of nitrogens with one attached hydrogen (secondary N) is 1. The molecule has 3 fully saturated rings. The lowest BCUT2D eigenvalue weighted by molar-refractivity contribution is -0.379. The van der Waals surface area contributed by atoms with Crippen LogP contribution in [-0.2, 0) is 33.2 Å². The van der Waals surface area contributed by atoms with E-state index in [0.29, 0.717) is 12.8 Å². The van der Waals surface area contributed by atoms with Crippen LogP contribution in [0.25, 0.3) is 0 Å². The molecule has 0 aromatic carbocycles. The van der Waals surface area contributed by atoms with Gasteiger partial charge in [0.1, 0.15) is 73.2 Å². The molecule has 3 aliphatic rings. The monoisotopic (exact) mass is 1440 g/mol. The van der Waals surface area contributed by atoms with Gasteiger partial charge in [0.25, 0.3) is 0 Å². The van der Waals surface area contributed by atoms with Gasteiger partial charge in [-0.1, -0.05) is 346 Å². The summed E-state index contributed by atoms with van der Waals surface area (Å²) in [5.74, 6) is -0.277. The lowest BCUT2D eigenvalue weighted by Gasteiger charge is -2.48. The van der Waals surface area contributed by atoms with Crippen LogP contribution >= 0.6 is 0 Å². The Bertz CT molecular complexity index is 1920. The Morgan fingerprint density at radius 1 is 0.347 bits per heavy atom. The average molecular weight is 1440 g/mol. The third-order valence-electron chi connectivity index (χ3n) is 21.3. The van der Waals surface area contributed by atoms with Crippen molar-refractivity contribution in [2.45, 2.75) is 465 Å². The summed E-state index contributed by atoms with van der Waals surface area (Å²) in [6.07, 6.45) is 50.4. The molecule has 0 aromatic heterocycles. The first-order valence-corrected chi connectivity index (χ1v) is 42.1. The van der Waals surface area contributed by atoms with Gasteiger partial charge in [-0.05, 0) is 32.1 Å². The Balaban J connectivity index is 1.36. The number of allylic oxidation sites excluding steroid dienone is 3. The van der Waals surface area contributed by atoms with E-state index in [1.807, 2.05) is 6.08 Å². The summed E-state index contributed by atoms with van der Waals surface area (Å²) in [5.41, 5.74) is 0. The summed E-state index contributed by atoms with van der Waals surface area (Å²) in [6.45, 7) is 1.79. The van der Waals surface area contributed by atoms with Gasteiger partial charge >= 0.3 is 0 Å². The molecule has 17 atom stereocenters. The second-order valence-corrected chi connectivity index (χ2v) is 30.3. The average Bonchev–Trinajstić information content (AvgIpc) is 0.792. The highest BCUT2D eigenvalue weighted by Gasteiger charge is 2.54. The van der Waals surface area contributed by atoms with Crippen molar-refractivity contribution < 1.29 is 89.4 Å². The first-order valence-electron chi connectivity index (χ1n) is 42.1. The summed E-state index contributed by atoms with van der Waals surface area (Å²) < 4.78 is 34.5. The molecule has 17 unspecified atom stereocenters. The van der Waals surface area contributed by atoms with Crippen LogP contribution in [0.2, 0.25) is 0 Å². The fourth-order valence-electron chi connectivity index (χ4n) is 14.5. The summed E-state index contributed by atoms with van der Waals surface area (Å²) >= 11 is 0. The van der Waals surface area contributed by atoms with E-state index in [0.717, 1.165) is 38.5 Å². The molecule has 101 heavy (non-hydrogen) atoms. The van der Waals surface area contributed by atoms with Crippen molar-refractivity contribution in [3.8, 4) is 0 Å². The van der Waals surface area contributed by atoms with Crippen molar-refractivity contribution in [2.24, 2.45) is 0 Å². The molecule has 1 amide bonds. The maximum Gasteiger partial charge on any atom is 0.220 e. The van der Waals surface area contributed by atoms with E-state index in [9.17, 15) is 61.0 Å². The van der Waals surface area contributed by atoms with Crippen LogP contribution in [0.3, 0.4) is 0 Å². The number of aliphatic hydroxyl groups is 11. The van der Waals surface area contributed by atoms with Gasteiger partial charge < -0.3 is 89.9 Å². The Labute approximate surface area is 613 Å². The minimum absolute atomic E-state index is 0.241. The van der Waals surface area contributed by atoms with Gasteiger partial charge in [-0.25, -0.2) is 0 Å². The highest BCUT2D eigenvalue weighted by Crippen LogP contribution is 2.33. The van der Waals surface area contributed by atoms with Crippen molar-refractivity contribution in [2.75, 3.05) is 26.4 Å². The van der Waals surface area contributed by atoms with Gasteiger partial charge in [0.2, 0.25) is 5.91 Å². The largest absolute Gasteiger partial charge is 0.394 e. The van der Waals surface area contributed by atoms with E-state index in [1.165, 1.54) is 289 Å². The first kappa shape index (κ1) is 93.5. The number of ether oxygens (including phenoxy) is 6. The van der Waals surface area contributed by atoms with Gasteiger partial charge in [0.05, 0.1) is 38.6 Å². The van der Waals surface area contributed by atoms with Crippen molar-refractivity contribution in [3.05, 3.63) is 24.3 Å². The Kier molecular flexibility index (Phi) is 58.5. The lowest BCUT2D eigenvalue weighted by Crippen LogP contribution is -2.66. The molecule has 12 N–H and O–H groups in total. The highest BCUT2D eigenvalue weighted by atomic mass is 16.8. The predicted molar refractivity (Wildman–Crippen MR) is 402 cm³/mol. The van der Waals surface area contributed by atoms with Gasteiger partial charge in [0.15, 0.2) is 18.9 Å². The van der Waals surface area contributed by atoms with Crippen LogP contribution in [0.4, 0.5) is 0 Å². The second-order valence-electron chi connectivity index (χ2n) is 30.3. The number of rotatable bonds is 68. The lowest BCUT2D eigenvalue weighted by atomic mass is 9.96. The van der Waals surface area contributed by atoms with Gasteiger partial charge in [-0.2, -0.15) is 0 Å². The number of amides is 1. The Morgan fingerprint density at radius 2 is 0.634 bits per heavy atom. The zero-order chi connectivity index (χ0) is 73.2. The molecule has 0 bridgehead atoms. The molecule has 0 saturated carbocycles. The molecule has 596 valence electrons. The van der Waals surface area contributed by atoms with Crippen LogP contribution in [0.5, 0.6) is 0 Å². The maximum atomic E-state index is 13.5. The van der Waals surface area contributed by atoms with Crippen LogP contribution < -0.4 is 5.32 Å². The van der Waals surface area contributed by atoms with Crippen LogP contribution in [-0.4, -0.2) is 193 Å². The summed E-state index contributed by atoms with van der Waals surface area (Å²) in [4.78, 5) is 13.5. The van der Waals surface area contributed by atoms with Crippen LogP contribution in [0.1, 0.15) is 361 Å². The molecular formula is C82H155NO18. The zero-order valence-electron chi connectivity index (χ0n) is 63.9. The van der Waals surface area contributed by atoms with E-state index >= 15 is 0 Å². The third kappa shape index (κ3) is 43.2. The van der Waals surface area contributed by atoms with E-state index in [2.05, 4.69) is 31.3 Å². The number of carbonyl (C=O) groups is 1. The second kappa shape index (κ2) is 63.2. The molecule has 19 nitrogen and oxygen atoms in total. The van der Waals surface area contributed by atoms with Crippen molar-refractivity contribution in [1.29, 1.82) is 0 Å². The molecule has 3 saturated heterocycles. The number of carbonyl (C=O) groups excluding carboxylic acids is 1. The zero-order valence-corrected chi connectivity index (χ0v) is 63.9. The van der Waals surface area contributed by atoms with Gasteiger partial charge in [0, 0.05) is 6.42 Å². The summed E-state index contributed by atoms with van der Waals surface area (Å²) in [6, 6.07) is -0.989. The SMILES string of the molecule is CCCCCCCCCCCCCCCCCCCCC/C=C/CC/C=C/C(O)C(COC1OC(CO)C(OC2OC(CO)C(OC3OC(CO)C(O)C(O)C3O)C(O)C2O)C(O)C1O)NC(=O)CCCCCCCCCCCCCCCCCCCCCCCCCCCCCCCCC. The van der Waals surface area contributed by atoms with E-state index in [-0.39, 0.29) is 18.9 Å². The van der Waals surface area contributed by atoms with Crippen LogP contribution in [0, 0.1) is 0 Å². The number of hydrogen-bond acceptors (Lipinski definition) is 18. The molecule has 0 aliphatic carbocycles. The van der Waals surface area contributed by atoms with Gasteiger partial charge in [-0.3, -0.25) is 4.79 Å². The molecule has 0 radical (unpaired) electrons. The fourth-order valence-corrected chi connectivity index (χ4v) is 14.5. The topological polar surface area (TPSA) is 307 Å². The minimum Gasteiger partial charge on any atom is -0.394 e. The van der Waals surface area contributed by atoms with E-state index < -0.39 is 124 Å². The third-order valence-corrected chi connectivity index (χ3v) is 21.3. The standard InChI is InChI=1S/C82H155NO18/c1-3-5-7-9-11-13-15-17-19-21-23-25-27-29-30-31-32-33-34-36-38-40-42-44-46-48-50-52-54-56-58-60-70(88)83-65(66(87)59-57-55-53-51-49-47-45-43-41-39-37-35-28-26-24-22-20-18-16-14-12-10-8-6-4-2)64-96-80-76(94)73(91)78(68(62-85)98-80)101-82-77(95)74(92)79(69(63-86)99-82)100-81-75(93)72(90)71(89)67(61-84)97-81/h49,51,57,59,65-69,71-82,84-87,89-95H,3-48,50,52-56,58,60-64H2,1-2H3,(H,83,88)/b51-49+,59-57+. The Morgan fingerprint density at radius 3 is 0.990 bits per heavy atom. The number of aliphatic hydroxyl groups excluding tert-OH is 11.